The minimum absolute atomic E-state index is 0.0485. The van der Waals surface area contributed by atoms with Gasteiger partial charge in [0.1, 0.15) is 0 Å². The van der Waals surface area contributed by atoms with Crippen LogP contribution in [0.1, 0.15) is 30.9 Å². The maximum Gasteiger partial charge on any atom is 0.328 e. The highest BCUT2D eigenvalue weighted by Gasteiger charge is 1.99. The van der Waals surface area contributed by atoms with Crippen LogP contribution in [0, 0.1) is 0 Å². The lowest BCUT2D eigenvalue weighted by Gasteiger charge is -2.04. The van der Waals surface area contributed by atoms with Gasteiger partial charge in [0.2, 0.25) is 5.91 Å². The van der Waals surface area contributed by atoms with E-state index in [0.29, 0.717) is 13.0 Å². The molecule has 0 aliphatic carbocycles. The summed E-state index contributed by atoms with van der Waals surface area (Å²) in [6.45, 7) is 2.46. The molecule has 0 fully saturated rings. The van der Waals surface area contributed by atoms with Gasteiger partial charge in [0, 0.05) is 19.0 Å². The van der Waals surface area contributed by atoms with E-state index in [4.69, 9.17) is 5.11 Å². The second-order valence-electron chi connectivity index (χ2n) is 3.94. The number of hydrogen-bond donors (Lipinski definition) is 2. The summed E-state index contributed by atoms with van der Waals surface area (Å²) < 4.78 is 0. The third kappa shape index (κ3) is 5.30. The zero-order valence-electron chi connectivity index (χ0n) is 10.3. The normalized spacial score (nSPS) is 10.5. The van der Waals surface area contributed by atoms with Crippen LogP contribution in [0.4, 0.5) is 0 Å². The van der Waals surface area contributed by atoms with Gasteiger partial charge in [0.15, 0.2) is 0 Å². The largest absolute Gasteiger partial charge is 0.478 e. The molecule has 2 N–H and O–H groups in total. The fraction of sp³-hybridized carbons (Fsp3) is 0.286. The first-order valence-corrected chi connectivity index (χ1v) is 5.88. The Morgan fingerprint density at radius 3 is 2.50 bits per heavy atom. The number of benzene rings is 1. The summed E-state index contributed by atoms with van der Waals surface area (Å²) in [5.41, 5.74) is 1.81. The first kappa shape index (κ1) is 14.0. The molecule has 96 valence electrons. The molecule has 1 rings (SSSR count). The van der Waals surface area contributed by atoms with Crippen LogP contribution in [-0.4, -0.2) is 17.0 Å². The summed E-state index contributed by atoms with van der Waals surface area (Å²) in [4.78, 5) is 21.6. The van der Waals surface area contributed by atoms with Gasteiger partial charge in [-0.25, -0.2) is 4.79 Å². The van der Waals surface area contributed by atoms with Crippen LogP contribution in [0.15, 0.2) is 30.3 Å². The minimum Gasteiger partial charge on any atom is -0.478 e. The molecule has 0 heterocycles. The number of amides is 1. The van der Waals surface area contributed by atoms with Crippen molar-refractivity contribution in [2.45, 2.75) is 26.3 Å². The van der Waals surface area contributed by atoms with Gasteiger partial charge in [-0.2, -0.15) is 0 Å². The monoisotopic (exact) mass is 247 g/mol. The lowest BCUT2D eigenvalue weighted by atomic mass is 10.1. The van der Waals surface area contributed by atoms with Crippen molar-refractivity contribution in [1.29, 1.82) is 0 Å². The Kier molecular flexibility index (Phi) is 5.64. The van der Waals surface area contributed by atoms with Gasteiger partial charge in [-0.3, -0.25) is 4.79 Å². The van der Waals surface area contributed by atoms with E-state index in [0.717, 1.165) is 23.6 Å². The molecule has 18 heavy (non-hydrogen) atoms. The van der Waals surface area contributed by atoms with E-state index in [1.807, 2.05) is 31.2 Å². The van der Waals surface area contributed by atoms with Crippen LogP contribution in [0.5, 0.6) is 0 Å². The van der Waals surface area contributed by atoms with E-state index in [-0.39, 0.29) is 5.91 Å². The topological polar surface area (TPSA) is 66.4 Å². The number of carboxylic acids is 1. The van der Waals surface area contributed by atoms with Gasteiger partial charge >= 0.3 is 5.97 Å². The van der Waals surface area contributed by atoms with Gasteiger partial charge < -0.3 is 10.4 Å². The second kappa shape index (κ2) is 7.27. The number of carbonyl (C=O) groups is 2. The summed E-state index contributed by atoms with van der Waals surface area (Å²) >= 11 is 0. The zero-order valence-corrected chi connectivity index (χ0v) is 10.3. The van der Waals surface area contributed by atoms with Crippen LogP contribution >= 0.6 is 0 Å². The molecule has 0 aliphatic rings. The van der Waals surface area contributed by atoms with E-state index in [9.17, 15) is 9.59 Å². The smallest absolute Gasteiger partial charge is 0.328 e. The van der Waals surface area contributed by atoms with Crippen LogP contribution < -0.4 is 5.32 Å². The minimum atomic E-state index is -0.967. The molecule has 0 unspecified atom stereocenters. The molecule has 0 saturated heterocycles. The summed E-state index contributed by atoms with van der Waals surface area (Å²) in [7, 11) is 0. The predicted octanol–water partition coefficient (Wildman–Crippen LogP) is 2.20. The van der Waals surface area contributed by atoms with Crippen molar-refractivity contribution in [3.05, 3.63) is 41.5 Å². The van der Waals surface area contributed by atoms with E-state index in [2.05, 4.69) is 5.32 Å². The molecule has 0 radical (unpaired) electrons. The Labute approximate surface area is 106 Å². The van der Waals surface area contributed by atoms with E-state index in [1.54, 1.807) is 0 Å². The lowest BCUT2D eigenvalue weighted by molar-refractivity contribution is -0.131. The van der Waals surface area contributed by atoms with Crippen molar-refractivity contribution in [2.24, 2.45) is 0 Å². The highest BCUT2D eigenvalue weighted by atomic mass is 16.4. The maximum absolute atomic E-state index is 11.3. The summed E-state index contributed by atoms with van der Waals surface area (Å²) in [6, 6.07) is 7.38. The standard InChI is InChI=1S/C14H17NO3/c1-2-3-13(16)15-10-12-6-4-11(5-7-12)8-9-14(17)18/h4-9H,2-3,10H2,1H3,(H,15,16)(H,17,18). The Morgan fingerprint density at radius 2 is 1.94 bits per heavy atom. The van der Waals surface area contributed by atoms with Gasteiger partial charge in [0.25, 0.3) is 0 Å². The highest BCUT2D eigenvalue weighted by Crippen LogP contribution is 2.06. The molecule has 4 nitrogen and oxygen atoms in total. The first-order valence-electron chi connectivity index (χ1n) is 5.88. The van der Waals surface area contributed by atoms with Crippen LogP contribution in [0.25, 0.3) is 6.08 Å². The van der Waals surface area contributed by atoms with E-state index >= 15 is 0 Å². The molecule has 1 aromatic rings. The molecule has 0 bridgehead atoms. The van der Waals surface area contributed by atoms with Gasteiger partial charge in [-0.1, -0.05) is 31.2 Å². The van der Waals surface area contributed by atoms with E-state index in [1.165, 1.54) is 6.08 Å². The lowest BCUT2D eigenvalue weighted by Crippen LogP contribution is -2.21. The third-order valence-electron chi connectivity index (χ3n) is 2.36. The number of hydrogen-bond acceptors (Lipinski definition) is 2. The molecular formula is C14H17NO3. The van der Waals surface area contributed by atoms with Gasteiger partial charge in [-0.05, 0) is 23.6 Å². The van der Waals surface area contributed by atoms with Crippen molar-refractivity contribution in [3.63, 3.8) is 0 Å². The maximum atomic E-state index is 11.3. The average Bonchev–Trinajstić information content (AvgIpc) is 2.35. The number of nitrogens with one attached hydrogen (secondary N) is 1. The molecule has 0 aromatic heterocycles. The number of aliphatic carboxylic acids is 1. The van der Waals surface area contributed by atoms with Crippen LogP contribution in [-0.2, 0) is 16.1 Å². The summed E-state index contributed by atoms with van der Waals surface area (Å²) in [6.07, 6.45) is 4.00. The van der Waals surface area contributed by atoms with Crippen LogP contribution in [0.2, 0.25) is 0 Å². The van der Waals surface area contributed by atoms with Crippen molar-refractivity contribution < 1.29 is 14.7 Å². The summed E-state index contributed by atoms with van der Waals surface area (Å²) in [5.74, 6) is -0.918. The number of carboxylic acid groups (broad SMARTS) is 1. The van der Waals surface area contributed by atoms with Crippen molar-refractivity contribution in [3.8, 4) is 0 Å². The Bertz CT molecular complexity index is 435. The SMILES string of the molecule is CCCC(=O)NCc1ccc(C=CC(=O)O)cc1. The molecular weight excluding hydrogens is 230 g/mol. The van der Waals surface area contributed by atoms with Crippen molar-refractivity contribution >= 4 is 18.0 Å². The molecule has 0 saturated carbocycles. The van der Waals surface area contributed by atoms with E-state index < -0.39 is 5.97 Å². The van der Waals surface area contributed by atoms with Gasteiger partial charge in [-0.15, -0.1) is 0 Å². The quantitative estimate of drug-likeness (QED) is 0.757. The van der Waals surface area contributed by atoms with Crippen LogP contribution in [0.3, 0.4) is 0 Å². The molecule has 0 aliphatic heterocycles. The average molecular weight is 247 g/mol. The van der Waals surface area contributed by atoms with Gasteiger partial charge in [0.05, 0.1) is 0 Å². The zero-order chi connectivity index (χ0) is 13.4. The molecule has 0 atom stereocenters. The molecule has 1 amide bonds. The Hall–Kier alpha value is -2.10. The molecule has 1 aromatic carbocycles. The van der Waals surface area contributed by atoms with Crippen molar-refractivity contribution in [2.75, 3.05) is 0 Å². The molecule has 4 heteroatoms. The van der Waals surface area contributed by atoms with Crippen molar-refractivity contribution in [1.82, 2.24) is 5.32 Å². The Morgan fingerprint density at radius 1 is 1.28 bits per heavy atom. The number of carbonyl (C=O) groups excluding carboxylic acids is 1. The number of rotatable bonds is 6. The predicted molar refractivity (Wildman–Crippen MR) is 69.9 cm³/mol. The second-order valence-corrected chi connectivity index (χ2v) is 3.94. The highest BCUT2D eigenvalue weighted by molar-refractivity contribution is 5.85. The fourth-order valence-corrected chi connectivity index (χ4v) is 1.43. The first-order chi connectivity index (χ1) is 8.61. The fourth-order valence-electron chi connectivity index (χ4n) is 1.43. The third-order valence-corrected chi connectivity index (χ3v) is 2.36. The Balaban J connectivity index is 2.50. The summed E-state index contributed by atoms with van der Waals surface area (Å²) in [5, 5.41) is 11.3. The molecule has 0 spiro atoms.